The van der Waals surface area contributed by atoms with Crippen LogP contribution in [0.2, 0.25) is 5.02 Å². The number of amides is 1. The molecule has 0 fully saturated rings. The Labute approximate surface area is 168 Å². The van der Waals surface area contributed by atoms with Crippen LogP contribution in [-0.4, -0.2) is 46.5 Å². The number of nitrogens with one attached hydrogen (secondary N) is 2. The van der Waals surface area contributed by atoms with Crippen molar-refractivity contribution in [2.24, 2.45) is 0 Å². The third-order valence-electron chi connectivity index (χ3n) is 4.15. The molecule has 11 heteroatoms. The molecule has 0 saturated heterocycles. The molecular weight excluding hydrogens is 410 g/mol. The molecule has 148 valence electrons. The van der Waals surface area contributed by atoms with Crippen molar-refractivity contribution < 1.29 is 13.2 Å². The number of carbonyl (C=O) groups is 1. The third-order valence-corrected chi connectivity index (χ3v) is 6.82. The smallest absolute Gasteiger partial charge is 0.253 e. The second kappa shape index (κ2) is 8.51. The summed E-state index contributed by atoms with van der Waals surface area (Å²) >= 11 is 11.2. The first-order valence-electron chi connectivity index (χ1n) is 8.29. The first-order valence-corrected chi connectivity index (χ1v) is 10.5. The summed E-state index contributed by atoms with van der Waals surface area (Å²) < 4.78 is 28.7. The van der Waals surface area contributed by atoms with Crippen molar-refractivity contribution in [1.29, 1.82) is 0 Å². The number of aromatic nitrogens is 3. The zero-order chi connectivity index (χ0) is 20.4. The molecule has 0 saturated carbocycles. The lowest BCUT2D eigenvalue weighted by Crippen LogP contribution is -2.33. The molecule has 0 radical (unpaired) electrons. The van der Waals surface area contributed by atoms with E-state index in [-0.39, 0.29) is 28.1 Å². The molecule has 8 nitrogen and oxygen atoms in total. The second-order valence-electron chi connectivity index (χ2n) is 6.13. The quantitative estimate of drug-likeness (QED) is 0.656. The van der Waals surface area contributed by atoms with Crippen molar-refractivity contribution in [3.8, 4) is 0 Å². The minimum Gasteiger partial charge on any atom is -0.345 e. The minimum absolute atomic E-state index is 0.00415. The molecule has 27 heavy (non-hydrogen) atoms. The number of nitrogens with zero attached hydrogens (tertiary/aromatic N) is 3. The molecule has 1 amide bonds. The molecule has 0 spiro atoms. The maximum Gasteiger partial charge on any atom is 0.253 e. The molecule has 1 heterocycles. The van der Waals surface area contributed by atoms with Crippen molar-refractivity contribution in [3.63, 3.8) is 0 Å². The molecule has 2 N–H and O–H groups in total. The van der Waals surface area contributed by atoms with Crippen LogP contribution in [0.4, 0.5) is 0 Å². The number of carbonyl (C=O) groups excluding carboxylic acids is 1. The Morgan fingerprint density at radius 3 is 2.70 bits per heavy atom. The van der Waals surface area contributed by atoms with E-state index in [0.717, 1.165) is 0 Å². The number of aromatic amines is 1. The summed E-state index contributed by atoms with van der Waals surface area (Å²) in [6.07, 6.45) is 0. The highest BCUT2D eigenvalue weighted by atomic mass is 35.5. The fourth-order valence-corrected chi connectivity index (χ4v) is 4.23. The summed E-state index contributed by atoms with van der Waals surface area (Å²) in [6.45, 7) is 6.17. The first-order chi connectivity index (χ1) is 12.6. The lowest BCUT2D eigenvalue weighted by molar-refractivity contribution is 0.0949. The highest BCUT2D eigenvalue weighted by Gasteiger charge is 2.25. The Bertz CT molecular complexity index is 998. The van der Waals surface area contributed by atoms with Crippen LogP contribution in [-0.2, 0) is 23.1 Å². The number of halogens is 1. The summed E-state index contributed by atoms with van der Waals surface area (Å²) in [5, 5.41) is 9.59. The monoisotopic (exact) mass is 431 g/mol. The molecule has 0 aliphatic rings. The maximum atomic E-state index is 12.6. The highest BCUT2D eigenvalue weighted by Crippen LogP contribution is 2.23. The van der Waals surface area contributed by atoms with Gasteiger partial charge in [-0.1, -0.05) is 11.6 Å². The van der Waals surface area contributed by atoms with Crippen LogP contribution in [0, 0.1) is 4.77 Å². The Balaban J connectivity index is 2.27. The van der Waals surface area contributed by atoms with Crippen LogP contribution in [0.1, 0.15) is 37.0 Å². The van der Waals surface area contributed by atoms with Crippen molar-refractivity contribution in [2.75, 3.05) is 7.05 Å². The molecule has 0 bridgehead atoms. The van der Waals surface area contributed by atoms with Crippen LogP contribution in [0.3, 0.4) is 0 Å². The molecular formula is C16H22ClN5O3S2. The van der Waals surface area contributed by atoms with Crippen molar-refractivity contribution in [3.05, 3.63) is 39.4 Å². The zero-order valence-corrected chi connectivity index (χ0v) is 17.9. The normalized spacial score (nSPS) is 12.0. The van der Waals surface area contributed by atoms with Gasteiger partial charge in [0.1, 0.15) is 0 Å². The minimum atomic E-state index is -3.73. The van der Waals surface area contributed by atoms with E-state index in [4.69, 9.17) is 23.8 Å². The van der Waals surface area contributed by atoms with Gasteiger partial charge in [0.2, 0.25) is 10.0 Å². The van der Waals surface area contributed by atoms with Gasteiger partial charge in [-0.25, -0.2) is 8.42 Å². The third kappa shape index (κ3) is 4.57. The SMILES string of the molecule is CCn1c(CNC(=O)c2cc(S(=O)(=O)N(C)C(C)C)ccc2Cl)n[nH]c1=S. The molecule has 1 aromatic carbocycles. The standard InChI is InChI=1S/C16H22ClN5O3S2/c1-5-22-14(19-20-16(22)26)9-18-15(23)12-8-11(6-7-13(12)17)27(24,25)21(4)10(2)3/h6-8,10H,5,9H2,1-4H3,(H,18,23)(H,20,26). The second-order valence-corrected chi connectivity index (χ2v) is 8.92. The number of sulfonamides is 1. The number of hydrogen-bond donors (Lipinski definition) is 2. The van der Waals surface area contributed by atoms with Gasteiger partial charge in [0.25, 0.3) is 5.91 Å². The first kappa shape index (κ1) is 21.5. The molecule has 1 aromatic heterocycles. The summed E-state index contributed by atoms with van der Waals surface area (Å²) in [6, 6.07) is 3.84. The topological polar surface area (TPSA) is 100 Å². The molecule has 0 atom stereocenters. The Kier molecular flexibility index (Phi) is 6.79. The fraction of sp³-hybridized carbons (Fsp3) is 0.438. The van der Waals surface area contributed by atoms with Crippen molar-refractivity contribution in [2.45, 2.75) is 44.8 Å². The van der Waals surface area contributed by atoms with Gasteiger partial charge >= 0.3 is 0 Å². The van der Waals surface area contributed by atoms with E-state index in [2.05, 4.69) is 15.5 Å². The number of rotatable bonds is 7. The predicted molar refractivity (Wildman–Crippen MR) is 106 cm³/mol. The Morgan fingerprint density at radius 2 is 2.11 bits per heavy atom. The fourth-order valence-electron chi connectivity index (χ4n) is 2.35. The van der Waals surface area contributed by atoms with Gasteiger partial charge in [-0.05, 0) is 51.2 Å². The van der Waals surface area contributed by atoms with Crippen LogP contribution >= 0.6 is 23.8 Å². The van der Waals surface area contributed by atoms with Gasteiger partial charge in [-0.2, -0.15) is 9.40 Å². The van der Waals surface area contributed by atoms with Gasteiger partial charge in [0, 0.05) is 19.6 Å². The molecule has 2 rings (SSSR count). The summed E-state index contributed by atoms with van der Waals surface area (Å²) in [5.74, 6) is 0.0658. The summed E-state index contributed by atoms with van der Waals surface area (Å²) in [4.78, 5) is 12.6. The van der Waals surface area contributed by atoms with E-state index in [1.165, 1.54) is 29.6 Å². The number of hydrogen-bond acceptors (Lipinski definition) is 5. The average Bonchev–Trinajstić information content (AvgIpc) is 2.98. The van der Waals surface area contributed by atoms with E-state index in [0.29, 0.717) is 17.1 Å². The van der Waals surface area contributed by atoms with E-state index in [9.17, 15) is 13.2 Å². The highest BCUT2D eigenvalue weighted by molar-refractivity contribution is 7.89. The Morgan fingerprint density at radius 1 is 1.44 bits per heavy atom. The summed E-state index contributed by atoms with van der Waals surface area (Å²) in [7, 11) is -2.24. The molecule has 2 aromatic rings. The largest absolute Gasteiger partial charge is 0.345 e. The maximum absolute atomic E-state index is 12.6. The van der Waals surface area contributed by atoms with Gasteiger partial charge < -0.3 is 9.88 Å². The lowest BCUT2D eigenvalue weighted by Gasteiger charge is -2.21. The van der Waals surface area contributed by atoms with Crippen LogP contribution in [0.15, 0.2) is 23.1 Å². The van der Waals surface area contributed by atoms with E-state index >= 15 is 0 Å². The zero-order valence-electron chi connectivity index (χ0n) is 15.5. The van der Waals surface area contributed by atoms with Crippen LogP contribution in [0.25, 0.3) is 0 Å². The van der Waals surface area contributed by atoms with Crippen molar-refractivity contribution >= 4 is 39.7 Å². The number of H-pyrrole nitrogens is 1. The van der Waals surface area contributed by atoms with Gasteiger partial charge in [-0.3, -0.25) is 9.89 Å². The summed E-state index contributed by atoms with van der Waals surface area (Å²) in [5.41, 5.74) is 0.0760. The van der Waals surface area contributed by atoms with Gasteiger partial charge in [0.15, 0.2) is 10.6 Å². The van der Waals surface area contributed by atoms with E-state index in [1.54, 1.807) is 18.4 Å². The van der Waals surface area contributed by atoms with E-state index < -0.39 is 15.9 Å². The lowest BCUT2D eigenvalue weighted by atomic mass is 10.2. The Hall–Kier alpha value is -1.75. The van der Waals surface area contributed by atoms with Crippen LogP contribution in [0.5, 0.6) is 0 Å². The average molecular weight is 432 g/mol. The predicted octanol–water partition coefficient (Wildman–Crippen LogP) is 2.57. The molecule has 0 unspecified atom stereocenters. The van der Waals surface area contributed by atoms with Crippen LogP contribution < -0.4 is 5.32 Å². The number of benzene rings is 1. The molecule has 0 aliphatic carbocycles. The molecule has 0 aliphatic heterocycles. The van der Waals surface area contributed by atoms with Gasteiger partial charge in [0.05, 0.1) is 22.0 Å². The van der Waals surface area contributed by atoms with Gasteiger partial charge in [-0.15, -0.1) is 0 Å². The van der Waals surface area contributed by atoms with Crippen molar-refractivity contribution in [1.82, 2.24) is 24.4 Å². The van der Waals surface area contributed by atoms with E-state index in [1.807, 2.05) is 6.92 Å².